The van der Waals surface area contributed by atoms with Crippen molar-refractivity contribution in [3.05, 3.63) is 65.9 Å². The predicted octanol–water partition coefficient (Wildman–Crippen LogP) is 5.27. The summed E-state index contributed by atoms with van der Waals surface area (Å²) in [6.45, 7) is 1.86. The molecule has 110 valence electrons. The van der Waals surface area contributed by atoms with E-state index in [1.807, 2.05) is 31.2 Å². The Balaban J connectivity index is 2.34. The lowest BCUT2D eigenvalue weighted by molar-refractivity contribution is -0.384. The summed E-state index contributed by atoms with van der Waals surface area (Å²) in [4.78, 5) is 10.6. The lowest BCUT2D eigenvalue weighted by Gasteiger charge is -2.16. The highest BCUT2D eigenvalue weighted by Crippen LogP contribution is 2.31. The van der Waals surface area contributed by atoms with Gasteiger partial charge in [0, 0.05) is 22.6 Å². The molecule has 0 aliphatic rings. The number of nitro groups is 1. The number of rotatable bonds is 4. The second-order valence-corrected chi connectivity index (χ2v) is 6.54. The molecule has 21 heavy (non-hydrogen) atoms. The largest absolute Gasteiger partial charge is 0.373 e. The number of hydrogen-bond donors (Lipinski definition) is 1. The summed E-state index contributed by atoms with van der Waals surface area (Å²) < 4.78 is 14.8. The van der Waals surface area contributed by atoms with Gasteiger partial charge in [0.25, 0.3) is 5.69 Å². The minimum atomic E-state index is -0.516. The third kappa shape index (κ3) is 3.91. The minimum Gasteiger partial charge on any atom is -0.373 e. The number of benzene rings is 2. The van der Waals surface area contributed by atoms with E-state index in [1.165, 1.54) is 6.07 Å². The molecule has 0 aromatic heterocycles. The first-order valence-corrected chi connectivity index (χ1v) is 7.91. The molecule has 4 nitrogen and oxygen atoms in total. The van der Waals surface area contributed by atoms with Crippen LogP contribution < -0.4 is 5.32 Å². The van der Waals surface area contributed by atoms with E-state index >= 15 is 0 Å². The molecule has 0 saturated carbocycles. The topological polar surface area (TPSA) is 55.2 Å². The molecule has 2 rings (SSSR count). The summed E-state index contributed by atoms with van der Waals surface area (Å²) >= 11 is 5.11. The van der Waals surface area contributed by atoms with Gasteiger partial charge in [-0.1, -0.05) is 28.1 Å². The van der Waals surface area contributed by atoms with Gasteiger partial charge in [-0.3, -0.25) is 10.1 Å². The maximum absolute atomic E-state index is 13.7. The summed E-state index contributed by atoms with van der Waals surface area (Å²) in [6, 6.07) is 9.77. The van der Waals surface area contributed by atoms with E-state index < -0.39 is 10.7 Å². The van der Waals surface area contributed by atoms with Crippen LogP contribution in [0.5, 0.6) is 0 Å². The van der Waals surface area contributed by atoms with Crippen LogP contribution in [0.1, 0.15) is 18.5 Å². The molecule has 0 heterocycles. The van der Waals surface area contributed by atoms with Crippen molar-refractivity contribution in [2.45, 2.75) is 13.0 Å². The van der Waals surface area contributed by atoms with Gasteiger partial charge in [-0.05, 0) is 47.2 Å². The number of nitrogens with zero attached hydrogens (tertiary/aromatic N) is 1. The second-order valence-electron chi connectivity index (χ2n) is 4.46. The Labute approximate surface area is 143 Å². The smallest absolute Gasteiger partial charge is 0.293 e. The summed E-state index contributed by atoms with van der Waals surface area (Å²) in [7, 11) is 0. The predicted molar refractivity (Wildman–Crippen MR) is 92.0 cm³/mol. The standard InChI is InChI=1S/C14H11BrFIN2O2/c1-8(9-3-2-4-10(15)5-9)18-13-6-11(16)12(17)7-14(13)19(20)21/h2-8,18H,1H3. The van der Waals surface area contributed by atoms with Crippen LogP contribution >= 0.6 is 38.5 Å². The molecule has 0 fully saturated rings. The van der Waals surface area contributed by atoms with E-state index in [0.29, 0.717) is 0 Å². The molecule has 0 bridgehead atoms. The van der Waals surface area contributed by atoms with E-state index in [0.717, 1.165) is 16.1 Å². The third-order valence-corrected chi connectivity index (χ3v) is 4.28. The molecule has 0 aliphatic carbocycles. The van der Waals surface area contributed by atoms with E-state index in [9.17, 15) is 14.5 Å². The number of halogens is 3. The lowest BCUT2D eigenvalue weighted by Crippen LogP contribution is -2.09. The molecule has 0 spiro atoms. The van der Waals surface area contributed by atoms with Gasteiger partial charge in [-0.25, -0.2) is 4.39 Å². The van der Waals surface area contributed by atoms with Crippen molar-refractivity contribution < 1.29 is 9.31 Å². The lowest BCUT2D eigenvalue weighted by atomic mass is 10.1. The van der Waals surface area contributed by atoms with E-state index in [-0.39, 0.29) is 21.0 Å². The Bertz CT molecular complexity index is 697. The molecule has 1 atom stereocenters. The van der Waals surface area contributed by atoms with Crippen molar-refractivity contribution >= 4 is 49.9 Å². The van der Waals surface area contributed by atoms with Crippen LogP contribution in [-0.4, -0.2) is 4.92 Å². The molecule has 0 radical (unpaired) electrons. The molecule has 2 aromatic carbocycles. The Morgan fingerprint density at radius 1 is 1.38 bits per heavy atom. The normalized spacial score (nSPS) is 12.0. The first kappa shape index (κ1) is 16.2. The van der Waals surface area contributed by atoms with Gasteiger partial charge in [0.2, 0.25) is 0 Å². The number of anilines is 1. The Morgan fingerprint density at radius 3 is 2.71 bits per heavy atom. The molecule has 1 N–H and O–H groups in total. The maximum Gasteiger partial charge on any atom is 0.293 e. The van der Waals surface area contributed by atoms with Crippen molar-refractivity contribution in [2.24, 2.45) is 0 Å². The summed E-state index contributed by atoms with van der Waals surface area (Å²) in [6.07, 6.45) is 0. The average molecular weight is 465 g/mol. The van der Waals surface area contributed by atoms with Crippen LogP contribution in [0.25, 0.3) is 0 Å². The quantitative estimate of drug-likeness (QED) is 0.380. The van der Waals surface area contributed by atoms with Crippen LogP contribution in [0.2, 0.25) is 0 Å². The fourth-order valence-electron chi connectivity index (χ4n) is 1.90. The van der Waals surface area contributed by atoms with Crippen LogP contribution in [0.15, 0.2) is 40.9 Å². The third-order valence-electron chi connectivity index (χ3n) is 2.96. The molecule has 7 heteroatoms. The molecule has 0 saturated heterocycles. The van der Waals surface area contributed by atoms with Crippen molar-refractivity contribution in [1.29, 1.82) is 0 Å². The first-order chi connectivity index (χ1) is 9.88. The molecular weight excluding hydrogens is 454 g/mol. The van der Waals surface area contributed by atoms with E-state index in [4.69, 9.17) is 0 Å². The van der Waals surface area contributed by atoms with Gasteiger partial charge in [0.1, 0.15) is 11.5 Å². The monoisotopic (exact) mass is 464 g/mol. The summed E-state index contributed by atoms with van der Waals surface area (Å²) in [5, 5.41) is 14.1. The summed E-state index contributed by atoms with van der Waals surface area (Å²) in [5.74, 6) is -0.481. The molecule has 2 aromatic rings. The van der Waals surface area contributed by atoms with Crippen LogP contribution in [0.3, 0.4) is 0 Å². The van der Waals surface area contributed by atoms with Crippen LogP contribution in [0.4, 0.5) is 15.8 Å². The molecule has 0 amide bonds. The zero-order valence-corrected chi connectivity index (χ0v) is 14.7. The average Bonchev–Trinajstić information content (AvgIpc) is 2.42. The van der Waals surface area contributed by atoms with Gasteiger partial charge < -0.3 is 5.32 Å². The van der Waals surface area contributed by atoms with Crippen molar-refractivity contribution in [3.63, 3.8) is 0 Å². The van der Waals surface area contributed by atoms with E-state index in [2.05, 4.69) is 21.2 Å². The number of nitrogens with one attached hydrogen (secondary N) is 1. The molecule has 0 aliphatic heterocycles. The highest BCUT2D eigenvalue weighted by atomic mass is 127. The summed E-state index contributed by atoms with van der Waals surface area (Å²) in [5.41, 5.74) is 0.977. The van der Waals surface area contributed by atoms with Crippen molar-refractivity contribution in [1.82, 2.24) is 0 Å². The number of nitro benzene ring substituents is 1. The van der Waals surface area contributed by atoms with Gasteiger partial charge in [-0.2, -0.15) is 0 Å². The SMILES string of the molecule is CC(Nc1cc(F)c(I)cc1[N+](=O)[O-])c1cccc(Br)c1. The second kappa shape index (κ2) is 6.69. The van der Waals surface area contributed by atoms with Crippen molar-refractivity contribution in [2.75, 3.05) is 5.32 Å². The van der Waals surface area contributed by atoms with Crippen LogP contribution in [0, 0.1) is 19.5 Å². The van der Waals surface area contributed by atoms with E-state index in [1.54, 1.807) is 22.6 Å². The zero-order valence-electron chi connectivity index (χ0n) is 10.9. The Morgan fingerprint density at radius 2 is 2.10 bits per heavy atom. The highest BCUT2D eigenvalue weighted by Gasteiger charge is 2.19. The van der Waals surface area contributed by atoms with Gasteiger partial charge in [-0.15, -0.1) is 0 Å². The van der Waals surface area contributed by atoms with Crippen molar-refractivity contribution in [3.8, 4) is 0 Å². The first-order valence-electron chi connectivity index (χ1n) is 6.04. The molecule has 1 unspecified atom stereocenters. The number of hydrogen-bond acceptors (Lipinski definition) is 3. The Kier molecular flexibility index (Phi) is 5.15. The fraction of sp³-hybridized carbons (Fsp3) is 0.143. The Hall–Kier alpha value is -1.22. The van der Waals surface area contributed by atoms with Gasteiger partial charge in [0.15, 0.2) is 0 Å². The highest BCUT2D eigenvalue weighted by molar-refractivity contribution is 14.1. The van der Waals surface area contributed by atoms with Gasteiger partial charge >= 0.3 is 0 Å². The zero-order chi connectivity index (χ0) is 15.6. The van der Waals surface area contributed by atoms with Gasteiger partial charge in [0.05, 0.1) is 8.49 Å². The minimum absolute atomic E-state index is 0.136. The van der Waals surface area contributed by atoms with Crippen LogP contribution in [-0.2, 0) is 0 Å². The molecular formula is C14H11BrFIN2O2. The maximum atomic E-state index is 13.7. The fourth-order valence-corrected chi connectivity index (χ4v) is 2.76.